The maximum Gasteiger partial charge on any atom is 0.416 e. The monoisotopic (exact) mass is 465 g/mol. The lowest BCUT2D eigenvalue weighted by atomic mass is 10.1. The van der Waals surface area contributed by atoms with Gasteiger partial charge in [-0.2, -0.15) is 13.2 Å². The second kappa shape index (κ2) is 9.39. The van der Waals surface area contributed by atoms with E-state index in [2.05, 4.69) is 4.99 Å². The number of rotatable bonds is 5. The number of aliphatic hydroxyl groups excluding tert-OH is 1. The van der Waals surface area contributed by atoms with Crippen molar-refractivity contribution in [3.63, 3.8) is 0 Å². The van der Waals surface area contributed by atoms with Gasteiger partial charge < -0.3 is 19.7 Å². The van der Waals surface area contributed by atoms with Gasteiger partial charge in [-0.3, -0.25) is 0 Å². The number of aliphatic hydroxyl groups is 1. The van der Waals surface area contributed by atoms with Gasteiger partial charge in [-0.25, -0.2) is 9.79 Å². The Morgan fingerprint density at radius 3 is 2.44 bits per heavy atom. The molecule has 0 saturated heterocycles. The first-order valence-electron chi connectivity index (χ1n) is 9.27. The van der Waals surface area contributed by atoms with E-state index in [1.165, 1.54) is 31.4 Å². The van der Waals surface area contributed by atoms with Crippen LogP contribution in [0.15, 0.2) is 63.7 Å². The number of alkyl halides is 3. The summed E-state index contributed by atoms with van der Waals surface area (Å²) >= 11 is 0.959. The Morgan fingerprint density at radius 2 is 1.84 bits per heavy atom. The molecule has 1 aliphatic rings. The number of benzene rings is 2. The number of esters is 1. The van der Waals surface area contributed by atoms with E-state index in [1.54, 1.807) is 19.1 Å². The van der Waals surface area contributed by atoms with Crippen LogP contribution in [0.25, 0.3) is 6.08 Å². The van der Waals surface area contributed by atoms with E-state index in [1.807, 2.05) is 0 Å². The highest BCUT2D eigenvalue weighted by Crippen LogP contribution is 2.41. The molecular formula is C22H18F3NO5S. The first-order valence-corrected chi connectivity index (χ1v) is 10.1. The Morgan fingerprint density at radius 1 is 1.16 bits per heavy atom. The number of halogens is 3. The van der Waals surface area contributed by atoms with Crippen molar-refractivity contribution in [2.75, 3.05) is 13.7 Å². The maximum absolute atomic E-state index is 12.8. The van der Waals surface area contributed by atoms with Crippen LogP contribution < -0.4 is 4.74 Å². The van der Waals surface area contributed by atoms with Crippen molar-refractivity contribution in [2.45, 2.75) is 13.1 Å². The normalized spacial score (nSPS) is 16.7. The number of phenolic OH excluding ortho intramolecular Hbond substituents is 1. The van der Waals surface area contributed by atoms with E-state index < -0.39 is 17.7 Å². The van der Waals surface area contributed by atoms with E-state index >= 15 is 0 Å². The maximum atomic E-state index is 12.8. The summed E-state index contributed by atoms with van der Waals surface area (Å²) in [6, 6.07) is 8.62. The summed E-state index contributed by atoms with van der Waals surface area (Å²) in [5, 5.41) is 20.5. The van der Waals surface area contributed by atoms with Crippen molar-refractivity contribution < 1.29 is 37.7 Å². The van der Waals surface area contributed by atoms with Gasteiger partial charge in [0.15, 0.2) is 11.5 Å². The standard InChI is InChI=1S/C22H18F3NO5S/c1-3-31-21(29)18-19(28)17(11-12-4-9-15(27)16(10-12)30-2)32-20(18)26-14-7-5-13(6-8-14)22(23,24)25/h4-11,27-28H,3H2,1-2H3/b17-11+,26-20?. The van der Waals surface area contributed by atoms with Crippen LogP contribution in [0.5, 0.6) is 11.5 Å². The molecule has 3 rings (SSSR count). The number of aromatic hydroxyl groups is 1. The van der Waals surface area contributed by atoms with Gasteiger partial charge in [-0.05, 0) is 55.0 Å². The number of methoxy groups -OCH3 is 1. The number of thioether (sulfide) groups is 1. The van der Waals surface area contributed by atoms with E-state index in [0.29, 0.717) is 5.56 Å². The van der Waals surface area contributed by atoms with Crippen LogP contribution >= 0.6 is 11.8 Å². The zero-order chi connectivity index (χ0) is 23.5. The first-order chi connectivity index (χ1) is 15.1. The molecule has 0 radical (unpaired) electrons. The Balaban J connectivity index is 2.01. The number of carbonyl (C=O) groups is 1. The molecule has 1 heterocycles. The number of hydrogen-bond acceptors (Lipinski definition) is 7. The Hall–Kier alpha value is -3.40. The number of ether oxygens (including phenoxy) is 2. The third kappa shape index (κ3) is 5.08. The first kappa shape index (κ1) is 23.3. The second-order valence-electron chi connectivity index (χ2n) is 6.45. The zero-order valence-electron chi connectivity index (χ0n) is 16.9. The highest BCUT2D eigenvalue weighted by atomic mass is 32.2. The highest BCUT2D eigenvalue weighted by Gasteiger charge is 2.34. The van der Waals surface area contributed by atoms with Crippen molar-refractivity contribution in [2.24, 2.45) is 4.99 Å². The molecule has 2 aromatic rings. The summed E-state index contributed by atoms with van der Waals surface area (Å²) in [5.74, 6) is -1.03. The fraction of sp³-hybridized carbons (Fsp3) is 0.182. The van der Waals surface area contributed by atoms with Crippen LogP contribution in [0.2, 0.25) is 0 Å². The minimum absolute atomic E-state index is 0.0576. The molecule has 168 valence electrons. The summed E-state index contributed by atoms with van der Waals surface area (Å²) in [5.41, 5.74) is -0.282. The lowest BCUT2D eigenvalue weighted by Crippen LogP contribution is -2.12. The smallest absolute Gasteiger partial charge is 0.416 e. The molecule has 2 aromatic carbocycles. The molecule has 10 heteroatoms. The molecule has 0 bridgehead atoms. The topological polar surface area (TPSA) is 88.4 Å². The fourth-order valence-electron chi connectivity index (χ4n) is 2.77. The van der Waals surface area contributed by atoms with Gasteiger partial charge in [-0.15, -0.1) is 0 Å². The molecule has 0 fully saturated rings. The third-order valence-corrected chi connectivity index (χ3v) is 5.32. The van der Waals surface area contributed by atoms with Gasteiger partial charge >= 0.3 is 12.1 Å². The summed E-state index contributed by atoms with van der Waals surface area (Å²) in [4.78, 5) is 16.9. The molecule has 0 atom stereocenters. The zero-order valence-corrected chi connectivity index (χ0v) is 17.8. The van der Waals surface area contributed by atoms with E-state index in [4.69, 9.17) is 9.47 Å². The van der Waals surface area contributed by atoms with E-state index in [0.717, 1.165) is 23.9 Å². The van der Waals surface area contributed by atoms with Gasteiger partial charge in [0.2, 0.25) is 0 Å². The minimum Gasteiger partial charge on any atom is -0.506 e. The Labute approximate surface area is 185 Å². The number of aliphatic imine (C=N–C) groups is 1. The summed E-state index contributed by atoms with van der Waals surface area (Å²) in [6.45, 7) is 1.66. The van der Waals surface area contributed by atoms with E-state index in [-0.39, 0.29) is 45.1 Å². The number of nitrogens with zero attached hydrogens (tertiary/aromatic N) is 1. The van der Waals surface area contributed by atoms with Crippen LogP contribution in [-0.2, 0) is 15.7 Å². The number of phenols is 1. The Bertz CT molecular complexity index is 1120. The molecule has 0 unspecified atom stereocenters. The minimum atomic E-state index is -4.48. The molecule has 0 saturated carbocycles. The molecule has 0 spiro atoms. The highest BCUT2D eigenvalue weighted by molar-refractivity contribution is 8.18. The summed E-state index contributed by atoms with van der Waals surface area (Å²) < 4.78 is 48.4. The second-order valence-corrected chi connectivity index (χ2v) is 7.48. The average Bonchev–Trinajstić information content (AvgIpc) is 3.04. The van der Waals surface area contributed by atoms with Crippen molar-refractivity contribution in [3.05, 3.63) is 69.8 Å². The lowest BCUT2D eigenvalue weighted by Gasteiger charge is -2.07. The Kier molecular flexibility index (Phi) is 6.83. The molecule has 0 aromatic heterocycles. The van der Waals surface area contributed by atoms with Crippen molar-refractivity contribution in [1.82, 2.24) is 0 Å². The molecule has 0 aliphatic carbocycles. The predicted molar refractivity (Wildman–Crippen MR) is 115 cm³/mol. The summed E-state index contributed by atoms with van der Waals surface area (Å²) in [7, 11) is 1.39. The molecule has 32 heavy (non-hydrogen) atoms. The van der Waals surface area contributed by atoms with Gasteiger partial charge in [0.25, 0.3) is 0 Å². The lowest BCUT2D eigenvalue weighted by molar-refractivity contribution is -0.138. The van der Waals surface area contributed by atoms with E-state index in [9.17, 15) is 28.2 Å². The molecule has 2 N–H and O–H groups in total. The van der Waals surface area contributed by atoms with Crippen LogP contribution in [0.1, 0.15) is 18.1 Å². The SMILES string of the molecule is CCOC(=O)C1=C(O)/C(=C\c2ccc(O)c(OC)c2)SC1=Nc1ccc(C(F)(F)F)cc1. The molecule has 6 nitrogen and oxygen atoms in total. The summed E-state index contributed by atoms with van der Waals surface area (Å²) in [6.07, 6.45) is -2.93. The average molecular weight is 465 g/mol. The van der Waals surface area contributed by atoms with Gasteiger partial charge in [0.1, 0.15) is 16.4 Å². The van der Waals surface area contributed by atoms with Crippen molar-refractivity contribution >= 4 is 34.5 Å². The fourth-order valence-corrected chi connectivity index (χ4v) is 3.80. The van der Waals surface area contributed by atoms with Crippen LogP contribution in [0.4, 0.5) is 18.9 Å². The van der Waals surface area contributed by atoms with Gasteiger partial charge in [0, 0.05) is 0 Å². The van der Waals surface area contributed by atoms with Crippen LogP contribution in [-0.4, -0.2) is 34.9 Å². The van der Waals surface area contributed by atoms with Crippen molar-refractivity contribution in [3.8, 4) is 11.5 Å². The number of hydrogen-bond donors (Lipinski definition) is 2. The van der Waals surface area contributed by atoms with Crippen LogP contribution in [0.3, 0.4) is 0 Å². The van der Waals surface area contributed by atoms with Gasteiger partial charge in [-0.1, -0.05) is 17.8 Å². The quantitative estimate of drug-likeness (QED) is 0.558. The molecule has 1 aliphatic heterocycles. The van der Waals surface area contributed by atoms with Crippen molar-refractivity contribution in [1.29, 1.82) is 0 Å². The number of carbonyl (C=O) groups excluding carboxylic acids is 1. The predicted octanol–water partition coefficient (Wildman–Crippen LogP) is 5.61. The van der Waals surface area contributed by atoms with Crippen LogP contribution in [0, 0.1) is 0 Å². The third-order valence-electron chi connectivity index (χ3n) is 4.30. The molecular weight excluding hydrogens is 447 g/mol. The largest absolute Gasteiger partial charge is 0.506 e. The molecule has 0 amide bonds. The van der Waals surface area contributed by atoms with Gasteiger partial charge in [0.05, 0.1) is 29.9 Å².